The minimum Gasteiger partial charge on any atom is -0.482 e. The van der Waals surface area contributed by atoms with Crippen molar-refractivity contribution < 1.29 is 28.8 Å². The van der Waals surface area contributed by atoms with Crippen molar-refractivity contribution in [2.75, 3.05) is 18.5 Å². The van der Waals surface area contributed by atoms with Crippen LogP contribution in [0.15, 0.2) is 36.4 Å². The van der Waals surface area contributed by atoms with Crippen LogP contribution in [0.5, 0.6) is 5.75 Å². The van der Waals surface area contributed by atoms with Crippen LogP contribution >= 0.6 is 0 Å². The number of Topliss-reactive ketones (excluding diaryl/α,β-unsaturated/α-hetero) is 1. The van der Waals surface area contributed by atoms with Crippen LogP contribution in [-0.4, -0.2) is 35.8 Å². The number of nitrogens with one attached hydrogen (secondary N) is 1. The number of benzene rings is 2. The van der Waals surface area contributed by atoms with Gasteiger partial charge in [0.2, 0.25) is 0 Å². The highest BCUT2D eigenvalue weighted by Crippen LogP contribution is 2.28. The van der Waals surface area contributed by atoms with Gasteiger partial charge in [-0.05, 0) is 30.7 Å². The smallest absolute Gasteiger partial charge is 0.345 e. The molecule has 2 aromatic carbocycles. The Labute approximate surface area is 153 Å². The average molecular weight is 370 g/mol. The van der Waals surface area contributed by atoms with Gasteiger partial charge in [-0.25, -0.2) is 4.79 Å². The lowest BCUT2D eigenvalue weighted by molar-refractivity contribution is -0.385. The molecule has 1 N–H and O–H groups in total. The van der Waals surface area contributed by atoms with Gasteiger partial charge in [0.05, 0.1) is 10.6 Å². The number of aryl methyl sites for hydroxylation is 1. The van der Waals surface area contributed by atoms with Gasteiger partial charge in [0.1, 0.15) is 11.3 Å². The molecule has 27 heavy (non-hydrogen) atoms. The predicted octanol–water partition coefficient (Wildman–Crippen LogP) is 2.27. The highest BCUT2D eigenvalue weighted by atomic mass is 16.6. The van der Waals surface area contributed by atoms with Gasteiger partial charge in [0.15, 0.2) is 19.0 Å². The number of ether oxygens (including phenoxy) is 2. The molecule has 0 unspecified atom stereocenters. The van der Waals surface area contributed by atoms with Gasteiger partial charge in [-0.15, -0.1) is 0 Å². The van der Waals surface area contributed by atoms with Crippen molar-refractivity contribution >= 4 is 29.0 Å². The molecule has 0 atom stereocenters. The van der Waals surface area contributed by atoms with Crippen LogP contribution in [0.2, 0.25) is 0 Å². The normalized spacial score (nSPS) is 12.4. The molecule has 0 radical (unpaired) electrons. The monoisotopic (exact) mass is 370 g/mol. The second-order valence-electron chi connectivity index (χ2n) is 5.77. The van der Waals surface area contributed by atoms with E-state index < -0.39 is 23.3 Å². The van der Waals surface area contributed by atoms with E-state index >= 15 is 0 Å². The first kappa shape index (κ1) is 18.1. The average Bonchev–Trinajstić information content (AvgIpc) is 2.64. The molecule has 1 aliphatic heterocycles. The zero-order valence-electron chi connectivity index (χ0n) is 14.2. The number of ketones is 1. The van der Waals surface area contributed by atoms with E-state index in [0.29, 0.717) is 17.0 Å². The summed E-state index contributed by atoms with van der Waals surface area (Å²) in [6.07, 6.45) is 0. The Morgan fingerprint density at radius 3 is 2.81 bits per heavy atom. The van der Waals surface area contributed by atoms with Crippen LogP contribution in [0.3, 0.4) is 0 Å². The summed E-state index contributed by atoms with van der Waals surface area (Å²) in [6.45, 7) is 0.836. The largest absolute Gasteiger partial charge is 0.482 e. The van der Waals surface area contributed by atoms with Crippen molar-refractivity contribution in [2.24, 2.45) is 0 Å². The number of hydrogen-bond donors (Lipinski definition) is 1. The summed E-state index contributed by atoms with van der Waals surface area (Å²) in [5, 5.41) is 13.7. The van der Waals surface area contributed by atoms with Crippen molar-refractivity contribution in [3.05, 3.63) is 63.2 Å². The number of fused-ring (bicyclic) bond motifs is 1. The molecular formula is C18H14N2O7. The SMILES string of the molecule is Cc1cccc([N+](=O)[O-])c1C(=O)OCC(=O)c1ccc2c(c1)NC(=O)CO2. The lowest BCUT2D eigenvalue weighted by Crippen LogP contribution is -2.25. The molecule has 1 amide bonds. The molecule has 0 saturated carbocycles. The van der Waals surface area contributed by atoms with Gasteiger partial charge < -0.3 is 14.8 Å². The van der Waals surface area contributed by atoms with Crippen molar-refractivity contribution in [2.45, 2.75) is 6.92 Å². The third-order valence-corrected chi connectivity index (χ3v) is 3.92. The van der Waals surface area contributed by atoms with Gasteiger partial charge in [0, 0.05) is 11.6 Å². The van der Waals surface area contributed by atoms with E-state index in [9.17, 15) is 24.5 Å². The number of esters is 1. The summed E-state index contributed by atoms with van der Waals surface area (Å²) < 4.78 is 10.2. The van der Waals surface area contributed by atoms with E-state index in [1.54, 1.807) is 0 Å². The molecule has 1 aliphatic rings. The van der Waals surface area contributed by atoms with E-state index in [1.807, 2.05) is 0 Å². The third kappa shape index (κ3) is 3.76. The molecular weight excluding hydrogens is 356 g/mol. The fourth-order valence-electron chi connectivity index (χ4n) is 2.61. The Bertz CT molecular complexity index is 968. The standard InChI is InChI=1S/C18H14N2O7/c1-10-3-2-4-13(20(24)25)17(10)18(23)27-8-14(21)11-5-6-15-12(7-11)19-16(22)9-26-15/h2-7H,8-9H2,1H3,(H,19,22). The number of carbonyl (C=O) groups is 3. The van der Waals surface area contributed by atoms with Gasteiger partial charge in [-0.1, -0.05) is 12.1 Å². The molecule has 1 heterocycles. The maximum absolute atomic E-state index is 12.3. The van der Waals surface area contributed by atoms with Gasteiger partial charge in [-0.2, -0.15) is 0 Å². The molecule has 3 rings (SSSR count). The Hall–Kier alpha value is -3.75. The molecule has 0 bridgehead atoms. The number of nitro benzene ring substituents is 1. The summed E-state index contributed by atoms with van der Waals surface area (Å²) in [6, 6.07) is 8.60. The van der Waals surface area contributed by atoms with E-state index in [4.69, 9.17) is 9.47 Å². The number of rotatable bonds is 5. The maximum Gasteiger partial charge on any atom is 0.345 e. The fraction of sp³-hybridized carbons (Fsp3) is 0.167. The summed E-state index contributed by atoms with van der Waals surface area (Å²) >= 11 is 0. The summed E-state index contributed by atoms with van der Waals surface area (Å²) in [7, 11) is 0. The van der Waals surface area contributed by atoms with E-state index in [-0.39, 0.29) is 29.3 Å². The van der Waals surface area contributed by atoms with Crippen molar-refractivity contribution in [3.63, 3.8) is 0 Å². The molecule has 0 aromatic heterocycles. The summed E-state index contributed by atoms with van der Waals surface area (Å²) in [5.41, 5.74) is 0.336. The Balaban J connectivity index is 1.73. The predicted molar refractivity (Wildman–Crippen MR) is 93.0 cm³/mol. The molecule has 0 aliphatic carbocycles. The van der Waals surface area contributed by atoms with E-state index in [1.165, 1.54) is 43.3 Å². The highest BCUT2D eigenvalue weighted by Gasteiger charge is 2.25. The molecule has 138 valence electrons. The van der Waals surface area contributed by atoms with Gasteiger partial charge in [0.25, 0.3) is 11.6 Å². The van der Waals surface area contributed by atoms with Gasteiger partial charge >= 0.3 is 5.97 Å². The van der Waals surface area contributed by atoms with E-state index in [2.05, 4.69) is 5.32 Å². The quantitative estimate of drug-likeness (QED) is 0.370. The van der Waals surface area contributed by atoms with Crippen LogP contribution in [0, 0.1) is 17.0 Å². The summed E-state index contributed by atoms with van der Waals surface area (Å²) in [4.78, 5) is 46.3. The van der Waals surface area contributed by atoms with Crippen LogP contribution in [0.25, 0.3) is 0 Å². The molecule has 0 fully saturated rings. The first-order valence-corrected chi connectivity index (χ1v) is 7.88. The zero-order chi connectivity index (χ0) is 19.6. The van der Waals surface area contributed by atoms with Crippen LogP contribution in [-0.2, 0) is 9.53 Å². The zero-order valence-corrected chi connectivity index (χ0v) is 14.2. The number of hydrogen-bond acceptors (Lipinski definition) is 7. The lowest BCUT2D eigenvalue weighted by Gasteiger charge is -2.18. The molecule has 0 spiro atoms. The third-order valence-electron chi connectivity index (χ3n) is 3.92. The second-order valence-corrected chi connectivity index (χ2v) is 5.77. The minimum absolute atomic E-state index is 0.104. The van der Waals surface area contributed by atoms with Crippen molar-refractivity contribution in [3.8, 4) is 5.75 Å². The lowest BCUT2D eigenvalue weighted by atomic mass is 10.1. The van der Waals surface area contributed by atoms with E-state index in [0.717, 1.165) is 0 Å². The number of amides is 1. The molecule has 0 saturated heterocycles. The Morgan fingerprint density at radius 2 is 2.07 bits per heavy atom. The van der Waals surface area contributed by atoms with Crippen LogP contribution in [0.1, 0.15) is 26.3 Å². The minimum atomic E-state index is -0.956. The van der Waals surface area contributed by atoms with Crippen molar-refractivity contribution in [1.29, 1.82) is 0 Å². The second kappa shape index (κ2) is 7.24. The molecule has 2 aromatic rings. The number of nitrogens with zero attached hydrogens (tertiary/aromatic N) is 1. The number of nitro groups is 1. The highest BCUT2D eigenvalue weighted by molar-refractivity contribution is 6.03. The Kier molecular flexibility index (Phi) is 4.84. The topological polar surface area (TPSA) is 125 Å². The fourth-order valence-corrected chi connectivity index (χ4v) is 2.61. The first-order valence-electron chi connectivity index (χ1n) is 7.88. The van der Waals surface area contributed by atoms with Gasteiger partial charge in [-0.3, -0.25) is 19.7 Å². The Morgan fingerprint density at radius 1 is 1.30 bits per heavy atom. The molecule has 9 heteroatoms. The first-order chi connectivity index (χ1) is 12.9. The van der Waals surface area contributed by atoms with Crippen molar-refractivity contribution in [1.82, 2.24) is 0 Å². The number of anilines is 1. The van der Waals surface area contributed by atoms with Crippen LogP contribution < -0.4 is 10.1 Å². The maximum atomic E-state index is 12.3. The number of carbonyl (C=O) groups excluding carboxylic acids is 3. The summed E-state index contributed by atoms with van der Waals surface area (Å²) in [5.74, 6) is -1.39. The molecule has 9 nitrogen and oxygen atoms in total. The van der Waals surface area contributed by atoms with Crippen LogP contribution in [0.4, 0.5) is 11.4 Å².